The predicted molar refractivity (Wildman–Crippen MR) is 92.9 cm³/mol. The standard InChI is InChI=1S/C19H16ClNO3/c20-15-7-8-18-16(10-15)21(19(23)24-18)11-17(22)14-6-5-12-3-1-2-4-13(12)9-14/h5-10H,1-4,11H2. The highest BCUT2D eigenvalue weighted by molar-refractivity contribution is 6.31. The lowest BCUT2D eigenvalue weighted by molar-refractivity contribution is 0.0970. The molecule has 0 radical (unpaired) electrons. The lowest BCUT2D eigenvalue weighted by Crippen LogP contribution is -2.20. The summed E-state index contributed by atoms with van der Waals surface area (Å²) < 4.78 is 6.51. The van der Waals surface area contributed by atoms with Gasteiger partial charge in [0.2, 0.25) is 0 Å². The Labute approximate surface area is 143 Å². The lowest BCUT2D eigenvalue weighted by atomic mass is 9.90. The van der Waals surface area contributed by atoms with Crippen molar-refractivity contribution in [1.29, 1.82) is 0 Å². The van der Waals surface area contributed by atoms with Crippen LogP contribution < -0.4 is 5.76 Å². The van der Waals surface area contributed by atoms with Gasteiger partial charge in [-0.3, -0.25) is 9.36 Å². The molecule has 1 heterocycles. The largest absolute Gasteiger partial charge is 0.420 e. The second kappa shape index (κ2) is 5.95. The summed E-state index contributed by atoms with van der Waals surface area (Å²) in [5, 5.41) is 0.498. The monoisotopic (exact) mass is 341 g/mol. The van der Waals surface area contributed by atoms with Crippen LogP contribution >= 0.6 is 11.6 Å². The van der Waals surface area contributed by atoms with Gasteiger partial charge in [-0.1, -0.05) is 23.7 Å². The Kier molecular flexibility index (Phi) is 3.77. The smallest absolute Gasteiger partial charge is 0.408 e. The molecule has 0 atom stereocenters. The van der Waals surface area contributed by atoms with Gasteiger partial charge in [0.25, 0.3) is 0 Å². The highest BCUT2D eigenvalue weighted by Gasteiger charge is 2.16. The van der Waals surface area contributed by atoms with Crippen LogP contribution in [-0.2, 0) is 19.4 Å². The van der Waals surface area contributed by atoms with Gasteiger partial charge in [-0.25, -0.2) is 4.79 Å². The molecular weight excluding hydrogens is 326 g/mol. The van der Waals surface area contributed by atoms with E-state index >= 15 is 0 Å². The number of halogens is 1. The number of carbonyl (C=O) groups is 1. The third-order valence-corrected chi connectivity index (χ3v) is 4.84. The lowest BCUT2D eigenvalue weighted by Gasteiger charge is -2.16. The van der Waals surface area contributed by atoms with Gasteiger partial charge in [0.05, 0.1) is 12.1 Å². The van der Waals surface area contributed by atoms with Gasteiger partial charge in [-0.05, 0) is 61.1 Å². The molecule has 0 bridgehead atoms. The summed E-state index contributed by atoms with van der Waals surface area (Å²) in [6, 6.07) is 10.8. The van der Waals surface area contributed by atoms with E-state index in [1.54, 1.807) is 18.2 Å². The van der Waals surface area contributed by atoms with Gasteiger partial charge >= 0.3 is 5.76 Å². The molecule has 0 fully saturated rings. The molecule has 1 aliphatic rings. The first-order valence-corrected chi connectivity index (χ1v) is 8.43. The first-order valence-electron chi connectivity index (χ1n) is 8.06. The molecule has 3 aromatic rings. The topological polar surface area (TPSA) is 52.2 Å². The predicted octanol–water partition coefficient (Wildman–Crippen LogP) is 4.01. The average Bonchev–Trinajstić information content (AvgIpc) is 2.89. The fourth-order valence-electron chi connectivity index (χ4n) is 3.33. The van der Waals surface area contributed by atoms with E-state index in [9.17, 15) is 9.59 Å². The van der Waals surface area contributed by atoms with Crippen molar-refractivity contribution >= 4 is 28.5 Å². The molecule has 0 amide bonds. The molecular formula is C19H16ClNO3. The van der Waals surface area contributed by atoms with Crippen molar-refractivity contribution in [2.45, 2.75) is 32.2 Å². The zero-order valence-electron chi connectivity index (χ0n) is 13.0. The first-order chi connectivity index (χ1) is 11.6. The number of oxazole rings is 1. The van der Waals surface area contributed by atoms with Crippen LogP contribution in [0.2, 0.25) is 5.02 Å². The Balaban J connectivity index is 1.68. The van der Waals surface area contributed by atoms with Gasteiger partial charge in [0, 0.05) is 10.6 Å². The van der Waals surface area contributed by atoms with E-state index < -0.39 is 5.76 Å². The zero-order valence-corrected chi connectivity index (χ0v) is 13.8. The van der Waals surface area contributed by atoms with Gasteiger partial charge in [0.15, 0.2) is 11.4 Å². The molecule has 0 saturated carbocycles. The molecule has 0 spiro atoms. The Hall–Kier alpha value is -2.33. The van der Waals surface area contributed by atoms with Crippen LogP contribution in [0, 0.1) is 0 Å². The van der Waals surface area contributed by atoms with Crippen LogP contribution in [0.3, 0.4) is 0 Å². The van der Waals surface area contributed by atoms with E-state index in [0.29, 0.717) is 21.7 Å². The minimum Gasteiger partial charge on any atom is -0.408 e. The zero-order chi connectivity index (χ0) is 16.7. The van der Waals surface area contributed by atoms with Crippen molar-refractivity contribution in [1.82, 2.24) is 4.57 Å². The summed E-state index contributed by atoms with van der Waals surface area (Å²) in [5.41, 5.74) is 4.19. The molecule has 24 heavy (non-hydrogen) atoms. The average molecular weight is 342 g/mol. The van der Waals surface area contributed by atoms with Gasteiger partial charge in [-0.2, -0.15) is 0 Å². The Bertz CT molecular complexity index is 1000. The second-order valence-electron chi connectivity index (χ2n) is 6.18. The summed E-state index contributed by atoms with van der Waals surface area (Å²) in [6.07, 6.45) is 4.46. The van der Waals surface area contributed by atoms with Crippen LogP contribution in [0.1, 0.15) is 34.3 Å². The third-order valence-electron chi connectivity index (χ3n) is 4.60. The minimum atomic E-state index is -0.543. The number of ketones is 1. The van der Waals surface area contributed by atoms with Crippen molar-refractivity contribution in [3.8, 4) is 0 Å². The van der Waals surface area contributed by atoms with Crippen LogP contribution in [0.25, 0.3) is 11.1 Å². The van der Waals surface area contributed by atoms with E-state index in [2.05, 4.69) is 0 Å². The van der Waals surface area contributed by atoms with E-state index in [4.69, 9.17) is 16.0 Å². The Morgan fingerprint density at radius 3 is 2.71 bits per heavy atom. The molecule has 4 rings (SSSR count). The van der Waals surface area contributed by atoms with Crippen LogP contribution in [0.5, 0.6) is 0 Å². The van der Waals surface area contributed by atoms with Gasteiger partial charge in [-0.15, -0.1) is 0 Å². The van der Waals surface area contributed by atoms with Crippen LogP contribution in [-0.4, -0.2) is 10.4 Å². The SMILES string of the molecule is O=C(Cn1c(=O)oc2ccc(Cl)cc21)c1ccc2c(c1)CCCC2. The third kappa shape index (κ3) is 2.67. The van der Waals surface area contributed by atoms with E-state index in [1.807, 2.05) is 18.2 Å². The maximum absolute atomic E-state index is 12.6. The molecule has 0 saturated heterocycles. The number of aryl methyl sites for hydroxylation is 2. The second-order valence-corrected chi connectivity index (χ2v) is 6.62. The van der Waals surface area contributed by atoms with Crippen molar-refractivity contribution < 1.29 is 9.21 Å². The molecule has 0 aliphatic heterocycles. The van der Waals surface area contributed by atoms with Crippen molar-refractivity contribution in [3.05, 3.63) is 68.7 Å². The molecule has 1 aromatic heterocycles. The highest BCUT2D eigenvalue weighted by Crippen LogP contribution is 2.23. The maximum Gasteiger partial charge on any atom is 0.420 e. The number of nitrogens with zero attached hydrogens (tertiary/aromatic N) is 1. The molecule has 5 heteroatoms. The fourth-order valence-corrected chi connectivity index (χ4v) is 3.49. The molecule has 0 unspecified atom stereocenters. The number of hydrogen-bond donors (Lipinski definition) is 0. The van der Waals surface area contributed by atoms with Gasteiger partial charge in [0.1, 0.15) is 0 Å². The first kappa shape index (κ1) is 15.2. The van der Waals surface area contributed by atoms with Crippen molar-refractivity contribution in [2.24, 2.45) is 0 Å². The summed E-state index contributed by atoms with van der Waals surface area (Å²) in [5.74, 6) is -0.647. The van der Waals surface area contributed by atoms with Crippen molar-refractivity contribution in [3.63, 3.8) is 0 Å². The number of rotatable bonds is 3. The van der Waals surface area contributed by atoms with Gasteiger partial charge < -0.3 is 4.42 Å². The number of hydrogen-bond acceptors (Lipinski definition) is 3. The summed E-state index contributed by atoms with van der Waals surface area (Å²) >= 11 is 5.99. The fraction of sp³-hybridized carbons (Fsp3) is 0.263. The summed E-state index contributed by atoms with van der Waals surface area (Å²) in [6.45, 7) is -0.0506. The molecule has 2 aromatic carbocycles. The summed E-state index contributed by atoms with van der Waals surface area (Å²) in [4.78, 5) is 24.7. The van der Waals surface area contributed by atoms with E-state index in [1.165, 1.54) is 22.1 Å². The number of Topliss-reactive ketones (excluding diaryl/α,β-unsaturated/α-hetero) is 1. The van der Waals surface area contributed by atoms with E-state index in [0.717, 1.165) is 19.3 Å². The molecule has 0 N–H and O–H groups in total. The van der Waals surface area contributed by atoms with Crippen LogP contribution in [0.15, 0.2) is 45.6 Å². The number of benzene rings is 2. The van der Waals surface area contributed by atoms with Crippen LogP contribution in [0.4, 0.5) is 0 Å². The number of fused-ring (bicyclic) bond motifs is 2. The molecule has 4 nitrogen and oxygen atoms in total. The van der Waals surface area contributed by atoms with Crippen molar-refractivity contribution in [2.75, 3.05) is 0 Å². The normalized spacial score (nSPS) is 13.9. The quantitative estimate of drug-likeness (QED) is 0.676. The molecule has 122 valence electrons. The van der Waals surface area contributed by atoms with E-state index in [-0.39, 0.29) is 12.3 Å². The Morgan fingerprint density at radius 1 is 1.08 bits per heavy atom. The Morgan fingerprint density at radius 2 is 1.88 bits per heavy atom. The molecule has 1 aliphatic carbocycles. The minimum absolute atomic E-state index is 0.0506. The highest BCUT2D eigenvalue weighted by atomic mass is 35.5. The maximum atomic E-state index is 12.6. The number of carbonyl (C=O) groups excluding carboxylic acids is 1. The summed E-state index contributed by atoms with van der Waals surface area (Å²) in [7, 11) is 0. The number of aromatic nitrogens is 1.